The van der Waals surface area contributed by atoms with E-state index in [1.165, 1.54) is 0 Å². The molecule has 0 aliphatic carbocycles. The van der Waals surface area contributed by atoms with E-state index >= 15 is 0 Å². The molecule has 1 aromatic carbocycles. The van der Waals surface area contributed by atoms with Crippen molar-refractivity contribution in [1.29, 1.82) is 0 Å². The number of carbonyl (C=O) groups is 2. The zero-order chi connectivity index (χ0) is 19.4. The molecule has 146 valence electrons. The quantitative estimate of drug-likeness (QED) is 0.748. The van der Waals surface area contributed by atoms with Crippen LogP contribution in [0.15, 0.2) is 35.5 Å². The van der Waals surface area contributed by atoms with Crippen molar-refractivity contribution in [1.82, 2.24) is 10.6 Å². The molecule has 0 saturated carbocycles. The van der Waals surface area contributed by atoms with Crippen molar-refractivity contribution in [3.63, 3.8) is 0 Å². The van der Waals surface area contributed by atoms with E-state index in [0.29, 0.717) is 29.2 Å². The number of esters is 1. The van der Waals surface area contributed by atoms with Gasteiger partial charge in [0.2, 0.25) is 0 Å². The van der Waals surface area contributed by atoms with Crippen LogP contribution in [0.4, 0.5) is 4.79 Å². The van der Waals surface area contributed by atoms with Gasteiger partial charge in [0.05, 0.1) is 23.8 Å². The average molecular weight is 374 g/mol. The van der Waals surface area contributed by atoms with Crippen molar-refractivity contribution in [2.45, 2.75) is 51.9 Å². The van der Waals surface area contributed by atoms with Crippen LogP contribution in [0, 0.1) is 0 Å². The normalized spacial score (nSPS) is 22.4. The lowest BCUT2D eigenvalue weighted by molar-refractivity contribution is -0.142. The monoisotopic (exact) mass is 374 g/mol. The minimum absolute atomic E-state index is 0.0384. The van der Waals surface area contributed by atoms with Crippen molar-refractivity contribution in [3.8, 4) is 5.75 Å². The predicted octanol–water partition coefficient (Wildman–Crippen LogP) is 2.82. The Labute approximate surface area is 159 Å². The lowest BCUT2D eigenvalue weighted by atomic mass is 9.95. The van der Waals surface area contributed by atoms with Crippen LogP contribution in [0.25, 0.3) is 0 Å². The summed E-state index contributed by atoms with van der Waals surface area (Å²) in [7, 11) is 0. The van der Waals surface area contributed by atoms with Gasteiger partial charge in [0.15, 0.2) is 0 Å². The van der Waals surface area contributed by atoms with Gasteiger partial charge in [-0.1, -0.05) is 18.2 Å². The van der Waals surface area contributed by atoms with E-state index in [4.69, 9.17) is 14.2 Å². The summed E-state index contributed by atoms with van der Waals surface area (Å²) in [6, 6.07) is 6.36. The molecule has 2 atom stereocenters. The first kappa shape index (κ1) is 19.2. The maximum absolute atomic E-state index is 12.8. The van der Waals surface area contributed by atoms with Crippen molar-refractivity contribution < 1.29 is 23.8 Å². The number of amides is 2. The Morgan fingerprint density at radius 2 is 2.11 bits per heavy atom. The van der Waals surface area contributed by atoms with Gasteiger partial charge in [0, 0.05) is 17.9 Å². The molecule has 2 aliphatic rings. The van der Waals surface area contributed by atoms with Gasteiger partial charge in [0.1, 0.15) is 12.4 Å². The Kier molecular flexibility index (Phi) is 6.01. The molecule has 2 aliphatic heterocycles. The minimum Gasteiger partial charge on any atom is -0.491 e. The zero-order valence-corrected chi connectivity index (χ0v) is 15.9. The summed E-state index contributed by atoms with van der Waals surface area (Å²) in [5.41, 5.74) is 1.55. The number of urea groups is 1. The molecule has 3 rings (SSSR count). The third-order valence-electron chi connectivity index (χ3n) is 4.51. The average Bonchev–Trinajstić information content (AvgIpc) is 3.12. The Balaban J connectivity index is 1.86. The van der Waals surface area contributed by atoms with E-state index in [1.807, 2.05) is 38.1 Å². The first-order valence-electron chi connectivity index (χ1n) is 9.28. The molecule has 0 aromatic heterocycles. The molecule has 2 N–H and O–H groups in total. The van der Waals surface area contributed by atoms with E-state index in [1.54, 1.807) is 6.92 Å². The van der Waals surface area contributed by atoms with Gasteiger partial charge in [-0.15, -0.1) is 0 Å². The van der Waals surface area contributed by atoms with E-state index in [0.717, 1.165) is 12.8 Å². The van der Waals surface area contributed by atoms with Crippen LogP contribution < -0.4 is 15.4 Å². The van der Waals surface area contributed by atoms with E-state index in [-0.39, 0.29) is 24.8 Å². The number of carbonyl (C=O) groups excluding carboxylic acids is 2. The number of allylic oxidation sites excluding steroid dienone is 1. The van der Waals surface area contributed by atoms with Gasteiger partial charge in [-0.3, -0.25) is 0 Å². The van der Waals surface area contributed by atoms with E-state index in [9.17, 15) is 9.59 Å². The number of benzene rings is 1. The standard InChI is InChI=1S/C20H26N2O5/c1-12(2)27-16-9-5-4-8-15(16)18-17(13(3)21-20(24)22-18)19(23)26-11-14-7-6-10-25-14/h4-5,8-9,12,14,18H,6-7,10-11H2,1-3H3,(H2,21,22,24)/t14-,18+/m1/s1. The molecule has 7 nitrogen and oxygen atoms in total. The predicted molar refractivity (Wildman–Crippen MR) is 99.2 cm³/mol. The molecule has 0 unspecified atom stereocenters. The Morgan fingerprint density at radius 3 is 2.81 bits per heavy atom. The number of ether oxygens (including phenoxy) is 3. The second-order valence-electron chi connectivity index (χ2n) is 7.01. The highest BCUT2D eigenvalue weighted by molar-refractivity contribution is 5.95. The third kappa shape index (κ3) is 4.60. The van der Waals surface area contributed by atoms with Crippen LogP contribution in [-0.4, -0.2) is 37.4 Å². The first-order chi connectivity index (χ1) is 13.0. The SMILES string of the molecule is CC1=C(C(=O)OC[C@H]2CCCO2)[C@H](c2ccccc2OC(C)C)NC(=O)N1. The van der Waals surface area contributed by atoms with Crippen LogP contribution in [0.2, 0.25) is 0 Å². The molecule has 7 heteroatoms. The maximum atomic E-state index is 12.8. The summed E-state index contributed by atoms with van der Waals surface area (Å²) in [5, 5.41) is 5.47. The summed E-state index contributed by atoms with van der Waals surface area (Å²) in [5.74, 6) is 0.150. The van der Waals surface area contributed by atoms with Crippen molar-refractivity contribution in [3.05, 3.63) is 41.1 Å². The molecule has 0 spiro atoms. The van der Waals surface area contributed by atoms with Crippen molar-refractivity contribution in [2.24, 2.45) is 0 Å². The third-order valence-corrected chi connectivity index (χ3v) is 4.51. The second-order valence-corrected chi connectivity index (χ2v) is 7.01. The van der Waals surface area contributed by atoms with Crippen LogP contribution in [0.3, 0.4) is 0 Å². The van der Waals surface area contributed by atoms with Crippen LogP contribution >= 0.6 is 0 Å². The molecular formula is C20H26N2O5. The number of rotatable bonds is 6. The topological polar surface area (TPSA) is 85.9 Å². The van der Waals surface area contributed by atoms with Crippen molar-refractivity contribution >= 4 is 12.0 Å². The van der Waals surface area contributed by atoms with Gasteiger partial charge in [-0.2, -0.15) is 0 Å². The fourth-order valence-electron chi connectivity index (χ4n) is 3.30. The fraction of sp³-hybridized carbons (Fsp3) is 0.500. The Bertz CT molecular complexity index is 738. The van der Waals surface area contributed by atoms with Gasteiger partial charge in [-0.25, -0.2) is 9.59 Å². The summed E-state index contributed by atoms with van der Waals surface area (Å²) in [6.07, 6.45) is 1.76. The van der Waals surface area contributed by atoms with Gasteiger partial charge in [-0.05, 0) is 39.7 Å². The molecule has 1 saturated heterocycles. The largest absolute Gasteiger partial charge is 0.491 e. The summed E-state index contributed by atoms with van der Waals surface area (Å²) < 4.78 is 16.9. The highest BCUT2D eigenvalue weighted by atomic mass is 16.6. The number of hydrogen-bond donors (Lipinski definition) is 2. The molecule has 1 fully saturated rings. The summed E-state index contributed by atoms with van der Waals surface area (Å²) in [4.78, 5) is 24.9. The molecule has 2 heterocycles. The van der Waals surface area contributed by atoms with E-state index in [2.05, 4.69) is 10.6 Å². The molecule has 0 bridgehead atoms. The molecule has 27 heavy (non-hydrogen) atoms. The zero-order valence-electron chi connectivity index (χ0n) is 15.9. The van der Waals surface area contributed by atoms with Crippen LogP contribution in [0.1, 0.15) is 45.2 Å². The lowest BCUT2D eigenvalue weighted by Gasteiger charge is -2.29. The highest BCUT2D eigenvalue weighted by Gasteiger charge is 2.34. The highest BCUT2D eigenvalue weighted by Crippen LogP contribution is 2.34. The smallest absolute Gasteiger partial charge is 0.338 e. The number of nitrogens with one attached hydrogen (secondary N) is 2. The number of para-hydroxylation sites is 1. The summed E-state index contributed by atoms with van der Waals surface area (Å²) >= 11 is 0. The van der Waals surface area contributed by atoms with Gasteiger partial charge < -0.3 is 24.8 Å². The lowest BCUT2D eigenvalue weighted by Crippen LogP contribution is -2.45. The number of hydrogen-bond acceptors (Lipinski definition) is 5. The molecule has 1 aromatic rings. The first-order valence-corrected chi connectivity index (χ1v) is 9.28. The molecule has 0 radical (unpaired) electrons. The molecular weight excluding hydrogens is 348 g/mol. The second kappa shape index (κ2) is 8.43. The van der Waals surface area contributed by atoms with E-state index < -0.39 is 12.0 Å². The minimum atomic E-state index is -0.648. The maximum Gasteiger partial charge on any atom is 0.338 e. The van der Waals surface area contributed by atoms with Gasteiger partial charge in [0.25, 0.3) is 0 Å². The Morgan fingerprint density at radius 1 is 1.33 bits per heavy atom. The van der Waals surface area contributed by atoms with Crippen LogP contribution in [-0.2, 0) is 14.3 Å². The van der Waals surface area contributed by atoms with Crippen LogP contribution in [0.5, 0.6) is 5.75 Å². The van der Waals surface area contributed by atoms with Crippen molar-refractivity contribution in [2.75, 3.05) is 13.2 Å². The molecule has 2 amide bonds. The van der Waals surface area contributed by atoms with Gasteiger partial charge >= 0.3 is 12.0 Å². The Hall–Kier alpha value is -2.54. The fourth-order valence-corrected chi connectivity index (χ4v) is 3.30. The summed E-state index contributed by atoms with van der Waals surface area (Å²) in [6.45, 7) is 6.45.